The van der Waals surface area contributed by atoms with Gasteiger partial charge in [0.15, 0.2) is 0 Å². The van der Waals surface area contributed by atoms with Crippen molar-refractivity contribution in [3.05, 3.63) is 71.6 Å². The van der Waals surface area contributed by atoms with Crippen LogP contribution in [-0.4, -0.2) is 22.1 Å². The van der Waals surface area contributed by atoms with Crippen molar-refractivity contribution in [3.8, 4) is 11.4 Å². The number of nitrogens with zero attached hydrogens (tertiary/aromatic N) is 3. The van der Waals surface area contributed by atoms with Crippen LogP contribution < -0.4 is 0 Å². The first-order valence-electron chi connectivity index (χ1n) is 7.11. The van der Waals surface area contributed by atoms with Gasteiger partial charge < -0.3 is 4.52 Å². The molecule has 1 aromatic heterocycles. The molecule has 0 unspecified atom stereocenters. The topological polar surface area (TPSA) is 42.2 Å². The predicted octanol–water partition coefficient (Wildman–Crippen LogP) is 3.65. The standard InChI is InChI=1S/C17H15F2N3O/c1-22(10-12-3-2-4-15(19)9-12)11-16-20-17(21-23-16)13-5-7-14(18)8-6-13/h2-9H,10-11H2,1H3. The number of aromatic nitrogens is 2. The SMILES string of the molecule is CN(Cc1cccc(F)c1)Cc1nc(-c2ccc(F)cc2)no1. The van der Waals surface area contributed by atoms with Crippen LogP contribution in [0, 0.1) is 11.6 Å². The van der Waals surface area contributed by atoms with Crippen molar-refractivity contribution in [2.45, 2.75) is 13.1 Å². The summed E-state index contributed by atoms with van der Waals surface area (Å²) in [5, 5.41) is 3.90. The molecule has 23 heavy (non-hydrogen) atoms. The fourth-order valence-corrected chi connectivity index (χ4v) is 2.27. The molecule has 3 aromatic rings. The summed E-state index contributed by atoms with van der Waals surface area (Å²) in [5.74, 6) is 0.293. The Bertz CT molecular complexity index is 787. The molecule has 1 heterocycles. The quantitative estimate of drug-likeness (QED) is 0.721. The molecule has 0 fully saturated rings. The first kappa shape index (κ1) is 15.3. The van der Waals surface area contributed by atoms with Crippen LogP contribution in [0.25, 0.3) is 11.4 Å². The van der Waals surface area contributed by atoms with E-state index in [1.54, 1.807) is 18.2 Å². The molecule has 4 nitrogen and oxygen atoms in total. The van der Waals surface area contributed by atoms with Gasteiger partial charge in [0.25, 0.3) is 0 Å². The molecular weight excluding hydrogens is 300 g/mol. The lowest BCUT2D eigenvalue weighted by Crippen LogP contribution is -2.17. The Balaban J connectivity index is 1.65. The van der Waals surface area contributed by atoms with Crippen molar-refractivity contribution < 1.29 is 13.3 Å². The van der Waals surface area contributed by atoms with Crippen LogP contribution in [0.15, 0.2) is 53.1 Å². The highest BCUT2D eigenvalue weighted by Gasteiger charge is 2.11. The van der Waals surface area contributed by atoms with E-state index in [1.807, 2.05) is 18.0 Å². The normalized spacial score (nSPS) is 11.1. The van der Waals surface area contributed by atoms with Crippen LogP contribution in [0.3, 0.4) is 0 Å². The maximum absolute atomic E-state index is 13.2. The molecule has 0 saturated carbocycles. The molecule has 0 saturated heterocycles. The summed E-state index contributed by atoms with van der Waals surface area (Å²) in [6, 6.07) is 12.3. The van der Waals surface area contributed by atoms with Crippen LogP contribution in [-0.2, 0) is 13.1 Å². The zero-order valence-corrected chi connectivity index (χ0v) is 12.5. The molecule has 0 aliphatic heterocycles. The minimum atomic E-state index is -0.313. The Hall–Kier alpha value is -2.60. The Kier molecular flexibility index (Phi) is 4.43. The third-order valence-electron chi connectivity index (χ3n) is 3.32. The zero-order valence-electron chi connectivity index (χ0n) is 12.5. The van der Waals surface area contributed by atoms with Crippen molar-refractivity contribution in [1.82, 2.24) is 15.0 Å². The van der Waals surface area contributed by atoms with E-state index >= 15 is 0 Å². The summed E-state index contributed by atoms with van der Waals surface area (Å²) in [6.45, 7) is 0.997. The van der Waals surface area contributed by atoms with Gasteiger partial charge in [-0.05, 0) is 49.0 Å². The maximum Gasteiger partial charge on any atom is 0.241 e. The molecule has 0 N–H and O–H groups in total. The first-order valence-corrected chi connectivity index (χ1v) is 7.11. The number of hydrogen-bond acceptors (Lipinski definition) is 4. The molecule has 0 atom stereocenters. The van der Waals surface area contributed by atoms with Crippen LogP contribution in [0.4, 0.5) is 8.78 Å². The lowest BCUT2D eigenvalue weighted by Gasteiger charge is -2.13. The predicted molar refractivity (Wildman–Crippen MR) is 81.3 cm³/mol. The summed E-state index contributed by atoms with van der Waals surface area (Å²) < 4.78 is 31.3. The van der Waals surface area contributed by atoms with Crippen molar-refractivity contribution in [2.24, 2.45) is 0 Å². The van der Waals surface area contributed by atoms with Gasteiger partial charge in [-0.15, -0.1) is 0 Å². The second-order valence-corrected chi connectivity index (χ2v) is 5.32. The number of halogens is 2. The average molecular weight is 315 g/mol. The lowest BCUT2D eigenvalue weighted by molar-refractivity contribution is 0.260. The summed E-state index contributed by atoms with van der Waals surface area (Å²) in [4.78, 5) is 6.23. The second kappa shape index (κ2) is 6.66. The fraction of sp³-hybridized carbons (Fsp3) is 0.176. The van der Waals surface area contributed by atoms with E-state index < -0.39 is 0 Å². The molecule has 0 aliphatic carbocycles. The molecule has 0 spiro atoms. The lowest BCUT2D eigenvalue weighted by atomic mass is 10.2. The number of benzene rings is 2. The van der Waals surface area contributed by atoms with E-state index in [9.17, 15) is 8.78 Å². The molecule has 6 heteroatoms. The van der Waals surface area contributed by atoms with Crippen LogP contribution >= 0.6 is 0 Å². The molecule has 0 radical (unpaired) electrons. The monoisotopic (exact) mass is 315 g/mol. The Morgan fingerprint density at radius 2 is 1.78 bits per heavy atom. The van der Waals surface area contributed by atoms with Crippen LogP contribution in [0.5, 0.6) is 0 Å². The minimum Gasteiger partial charge on any atom is -0.338 e. The van der Waals surface area contributed by atoms with Crippen molar-refractivity contribution >= 4 is 0 Å². The summed E-state index contributed by atoms with van der Waals surface area (Å²) in [7, 11) is 1.88. The summed E-state index contributed by atoms with van der Waals surface area (Å²) in [5.41, 5.74) is 1.56. The average Bonchev–Trinajstić information content (AvgIpc) is 2.96. The second-order valence-electron chi connectivity index (χ2n) is 5.32. The highest BCUT2D eigenvalue weighted by molar-refractivity contribution is 5.53. The van der Waals surface area contributed by atoms with Gasteiger partial charge >= 0.3 is 0 Å². The molecular formula is C17H15F2N3O. The zero-order chi connectivity index (χ0) is 16.2. The van der Waals surface area contributed by atoms with E-state index in [2.05, 4.69) is 10.1 Å². The van der Waals surface area contributed by atoms with Crippen LogP contribution in [0.1, 0.15) is 11.5 Å². The van der Waals surface area contributed by atoms with Crippen molar-refractivity contribution in [1.29, 1.82) is 0 Å². The molecule has 0 aliphatic rings. The van der Waals surface area contributed by atoms with Gasteiger partial charge in [-0.3, -0.25) is 4.90 Å². The number of hydrogen-bond donors (Lipinski definition) is 0. The van der Waals surface area contributed by atoms with Crippen molar-refractivity contribution in [3.63, 3.8) is 0 Å². The summed E-state index contributed by atoms with van der Waals surface area (Å²) in [6.07, 6.45) is 0. The highest BCUT2D eigenvalue weighted by Crippen LogP contribution is 2.17. The highest BCUT2D eigenvalue weighted by atomic mass is 19.1. The van der Waals surface area contributed by atoms with Gasteiger partial charge in [0.2, 0.25) is 11.7 Å². The van der Waals surface area contributed by atoms with Gasteiger partial charge in [-0.2, -0.15) is 4.98 Å². The van der Waals surface area contributed by atoms with Gasteiger partial charge in [0.05, 0.1) is 6.54 Å². The maximum atomic E-state index is 13.2. The smallest absolute Gasteiger partial charge is 0.241 e. The van der Waals surface area contributed by atoms with E-state index in [0.717, 1.165) is 5.56 Å². The van der Waals surface area contributed by atoms with Gasteiger partial charge in [0.1, 0.15) is 11.6 Å². The largest absolute Gasteiger partial charge is 0.338 e. The molecule has 3 rings (SSSR count). The third-order valence-corrected chi connectivity index (χ3v) is 3.32. The molecule has 118 valence electrons. The molecule has 0 amide bonds. The van der Waals surface area contributed by atoms with Gasteiger partial charge in [-0.1, -0.05) is 17.3 Å². The van der Waals surface area contributed by atoms with Gasteiger partial charge in [0, 0.05) is 12.1 Å². The Morgan fingerprint density at radius 3 is 2.52 bits per heavy atom. The molecule has 0 bridgehead atoms. The minimum absolute atomic E-state index is 0.257. The van der Waals surface area contributed by atoms with Crippen molar-refractivity contribution in [2.75, 3.05) is 7.05 Å². The molecule has 2 aromatic carbocycles. The van der Waals surface area contributed by atoms with E-state index in [0.29, 0.717) is 30.4 Å². The van der Waals surface area contributed by atoms with Crippen LogP contribution in [0.2, 0.25) is 0 Å². The van der Waals surface area contributed by atoms with E-state index in [1.165, 1.54) is 24.3 Å². The summed E-state index contributed by atoms with van der Waals surface area (Å²) >= 11 is 0. The van der Waals surface area contributed by atoms with E-state index in [-0.39, 0.29) is 11.6 Å². The number of rotatable bonds is 5. The fourth-order valence-electron chi connectivity index (χ4n) is 2.27. The van der Waals surface area contributed by atoms with Gasteiger partial charge in [-0.25, -0.2) is 8.78 Å². The third kappa shape index (κ3) is 3.98. The Labute approximate surface area is 132 Å². The first-order chi connectivity index (χ1) is 11.1. The Morgan fingerprint density at radius 1 is 1.00 bits per heavy atom. The van der Waals surface area contributed by atoms with E-state index in [4.69, 9.17) is 4.52 Å².